The first-order chi connectivity index (χ1) is 12.5. The number of hydrogen-bond donors (Lipinski definition) is 4. The maximum absolute atomic E-state index is 13.1. The number of aliphatic hydroxyl groups is 1. The Morgan fingerprint density at radius 3 is 2.56 bits per heavy atom. The minimum atomic E-state index is -4.52. The van der Waals surface area contributed by atoms with Crippen LogP contribution in [-0.4, -0.2) is 24.7 Å². The van der Waals surface area contributed by atoms with Crippen molar-refractivity contribution in [2.75, 3.05) is 5.32 Å². The molecule has 1 unspecified atom stereocenters. The van der Waals surface area contributed by atoms with Gasteiger partial charge in [0, 0.05) is 28.6 Å². The zero-order chi connectivity index (χ0) is 19.6. The first-order valence-corrected chi connectivity index (χ1v) is 9.42. The van der Waals surface area contributed by atoms with Crippen molar-refractivity contribution < 1.29 is 26.7 Å². The summed E-state index contributed by atoms with van der Waals surface area (Å²) in [6.07, 6.45) is -5.51. The number of sulfonamides is 1. The van der Waals surface area contributed by atoms with Gasteiger partial charge in [0.2, 0.25) is 10.0 Å². The molecule has 6 nitrogen and oxygen atoms in total. The van der Waals surface area contributed by atoms with Crippen LogP contribution in [0.25, 0.3) is 22.2 Å². The van der Waals surface area contributed by atoms with Gasteiger partial charge in [-0.2, -0.15) is 13.2 Å². The fraction of sp³-hybridized carbons (Fsp3) is 0.176. The lowest BCUT2D eigenvalue weighted by Crippen LogP contribution is -2.20. The molecule has 0 bridgehead atoms. The molecule has 3 aromatic rings. The quantitative estimate of drug-likeness (QED) is 0.506. The van der Waals surface area contributed by atoms with Gasteiger partial charge in [0.1, 0.15) is 6.23 Å². The van der Waals surface area contributed by atoms with Crippen LogP contribution >= 0.6 is 0 Å². The monoisotopic (exact) mass is 397 g/mol. The van der Waals surface area contributed by atoms with Gasteiger partial charge in [-0.3, -0.25) is 0 Å². The zero-order valence-corrected chi connectivity index (χ0v) is 14.4. The van der Waals surface area contributed by atoms with E-state index in [-0.39, 0.29) is 16.9 Å². The Bertz CT molecular complexity index is 1170. The van der Waals surface area contributed by atoms with E-state index in [1.54, 1.807) is 0 Å². The van der Waals surface area contributed by atoms with Gasteiger partial charge < -0.3 is 15.4 Å². The minimum absolute atomic E-state index is 0.0689. The Hall–Kier alpha value is -2.56. The molecule has 4 rings (SSSR count). The lowest BCUT2D eigenvalue weighted by Gasteiger charge is -2.14. The van der Waals surface area contributed by atoms with Crippen LogP contribution in [0.2, 0.25) is 0 Å². The van der Waals surface area contributed by atoms with Gasteiger partial charge in [-0.1, -0.05) is 0 Å². The average Bonchev–Trinajstić information content (AvgIpc) is 2.84. The van der Waals surface area contributed by atoms with E-state index in [9.17, 15) is 26.7 Å². The maximum atomic E-state index is 13.1. The zero-order valence-electron chi connectivity index (χ0n) is 13.6. The summed E-state index contributed by atoms with van der Waals surface area (Å²) in [6.45, 7) is 0. The van der Waals surface area contributed by atoms with Crippen LogP contribution in [0.3, 0.4) is 0 Å². The van der Waals surface area contributed by atoms with E-state index >= 15 is 0 Å². The summed E-state index contributed by atoms with van der Waals surface area (Å²) in [4.78, 5) is 2.92. The van der Waals surface area contributed by atoms with Crippen molar-refractivity contribution in [3.05, 3.63) is 47.5 Å². The Morgan fingerprint density at radius 2 is 1.89 bits per heavy atom. The molecule has 0 saturated heterocycles. The van der Waals surface area contributed by atoms with Crippen LogP contribution in [0.4, 0.5) is 18.9 Å². The number of aromatic amines is 1. The standard InChI is InChI=1S/C17H14F3N3O3S/c18-17(19,20)8-1-3-14-12(5-8)16-11(7-15(24)22-14)10-6-9(27(21,25)26)2-4-13(10)23-16/h1-6,15,22-24H,7H2,(H2,21,25,26). The van der Waals surface area contributed by atoms with Crippen molar-refractivity contribution in [1.82, 2.24) is 4.98 Å². The van der Waals surface area contributed by atoms with Crippen LogP contribution in [0.15, 0.2) is 41.3 Å². The number of rotatable bonds is 1. The number of halogens is 3. The number of nitrogens with two attached hydrogens (primary N) is 1. The highest BCUT2D eigenvalue weighted by Gasteiger charge is 2.33. The van der Waals surface area contributed by atoms with E-state index in [0.29, 0.717) is 27.8 Å². The number of anilines is 1. The Kier molecular flexibility index (Phi) is 3.78. The molecule has 2 aromatic carbocycles. The predicted octanol–water partition coefficient (Wildman–Crippen LogP) is 2.79. The molecule has 0 fully saturated rings. The molecule has 1 aromatic heterocycles. The van der Waals surface area contributed by atoms with Crippen molar-refractivity contribution in [3.63, 3.8) is 0 Å². The molecule has 0 saturated carbocycles. The second-order valence-electron chi connectivity index (χ2n) is 6.35. The van der Waals surface area contributed by atoms with Crippen molar-refractivity contribution in [2.24, 2.45) is 5.14 Å². The topological polar surface area (TPSA) is 108 Å². The number of alkyl halides is 3. The molecule has 142 valence electrons. The van der Waals surface area contributed by atoms with E-state index in [2.05, 4.69) is 10.3 Å². The van der Waals surface area contributed by atoms with Gasteiger partial charge in [0.05, 0.1) is 16.2 Å². The van der Waals surface area contributed by atoms with Crippen molar-refractivity contribution in [2.45, 2.75) is 23.7 Å². The first-order valence-electron chi connectivity index (χ1n) is 7.87. The Balaban J connectivity index is 2.01. The minimum Gasteiger partial charge on any atom is -0.373 e. The molecule has 1 aliphatic heterocycles. The van der Waals surface area contributed by atoms with Gasteiger partial charge in [-0.15, -0.1) is 0 Å². The van der Waals surface area contributed by atoms with Gasteiger partial charge in [-0.25, -0.2) is 13.6 Å². The lowest BCUT2D eigenvalue weighted by atomic mass is 10.0. The highest BCUT2D eigenvalue weighted by molar-refractivity contribution is 7.89. The van der Waals surface area contributed by atoms with Gasteiger partial charge >= 0.3 is 6.18 Å². The van der Waals surface area contributed by atoms with E-state index < -0.39 is 28.0 Å². The largest absolute Gasteiger partial charge is 0.416 e. The second-order valence-corrected chi connectivity index (χ2v) is 7.91. The van der Waals surface area contributed by atoms with Crippen LogP contribution < -0.4 is 10.5 Å². The third-order valence-electron chi connectivity index (χ3n) is 4.54. The summed E-state index contributed by atoms with van der Waals surface area (Å²) in [5, 5.41) is 18.6. The summed E-state index contributed by atoms with van der Waals surface area (Å²) in [5.74, 6) is 0. The molecule has 0 spiro atoms. The molecular formula is C17H14F3N3O3S. The molecule has 27 heavy (non-hydrogen) atoms. The number of H-pyrrole nitrogens is 1. The van der Waals surface area contributed by atoms with Crippen LogP contribution in [0.1, 0.15) is 11.1 Å². The van der Waals surface area contributed by atoms with Crippen molar-refractivity contribution >= 4 is 26.6 Å². The number of aliphatic hydroxyl groups excluding tert-OH is 1. The summed E-state index contributed by atoms with van der Waals surface area (Å²) >= 11 is 0. The molecule has 0 aliphatic carbocycles. The SMILES string of the molecule is NS(=O)(=O)c1ccc2[nH]c3c(c2c1)CC(O)Nc1ccc(C(F)(F)F)cc1-3. The van der Waals surface area contributed by atoms with Gasteiger partial charge in [0.15, 0.2) is 0 Å². The lowest BCUT2D eigenvalue weighted by molar-refractivity contribution is -0.137. The van der Waals surface area contributed by atoms with Crippen molar-refractivity contribution in [1.29, 1.82) is 0 Å². The summed E-state index contributed by atoms with van der Waals surface area (Å²) < 4.78 is 62.7. The molecule has 1 aliphatic rings. The smallest absolute Gasteiger partial charge is 0.373 e. The number of primary sulfonamides is 1. The van der Waals surface area contributed by atoms with Crippen LogP contribution in [-0.2, 0) is 22.6 Å². The van der Waals surface area contributed by atoms with Crippen LogP contribution in [0.5, 0.6) is 0 Å². The number of fused-ring (bicyclic) bond motifs is 5. The molecule has 2 heterocycles. The van der Waals surface area contributed by atoms with Gasteiger partial charge in [0.25, 0.3) is 0 Å². The summed E-state index contributed by atoms with van der Waals surface area (Å²) in [5.41, 5.74) is 1.19. The van der Waals surface area contributed by atoms with E-state index in [4.69, 9.17) is 5.14 Å². The van der Waals surface area contributed by atoms with Gasteiger partial charge in [-0.05, 0) is 42.0 Å². The van der Waals surface area contributed by atoms with Crippen LogP contribution in [0, 0.1) is 0 Å². The fourth-order valence-electron chi connectivity index (χ4n) is 3.32. The number of hydrogen-bond acceptors (Lipinski definition) is 4. The summed E-state index contributed by atoms with van der Waals surface area (Å²) in [7, 11) is -3.95. The maximum Gasteiger partial charge on any atom is 0.416 e. The number of nitrogens with one attached hydrogen (secondary N) is 2. The third kappa shape index (κ3) is 3.05. The fourth-order valence-corrected chi connectivity index (χ4v) is 3.86. The van der Waals surface area contributed by atoms with E-state index in [1.807, 2.05) is 0 Å². The molecule has 1 atom stereocenters. The molecule has 5 N–H and O–H groups in total. The predicted molar refractivity (Wildman–Crippen MR) is 93.4 cm³/mol. The van der Waals surface area contributed by atoms with E-state index in [0.717, 1.165) is 12.1 Å². The Labute approximate surface area is 151 Å². The highest BCUT2D eigenvalue weighted by atomic mass is 32.2. The van der Waals surface area contributed by atoms with E-state index in [1.165, 1.54) is 24.3 Å². The Morgan fingerprint density at radius 1 is 1.15 bits per heavy atom. The highest BCUT2D eigenvalue weighted by Crippen LogP contribution is 2.41. The normalized spacial score (nSPS) is 17.1. The second kappa shape index (κ2) is 5.72. The first kappa shape index (κ1) is 17.8. The third-order valence-corrected chi connectivity index (χ3v) is 5.45. The molecule has 0 amide bonds. The molecule has 0 radical (unpaired) electrons. The summed E-state index contributed by atoms with van der Waals surface area (Å²) in [6, 6.07) is 7.36. The number of benzene rings is 2. The number of aromatic nitrogens is 1. The molecular weight excluding hydrogens is 383 g/mol. The molecule has 10 heteroatoms. The van der Waals surface area contributed by atoms with Crippen molar-refractivity contribution in [3.8, 4) is 11.3 Å². The average molecular weight is 397 g/mol.